The van der Waals surface area contributed by atoms with E-state index in [0.717, 1.165) is 45.1 Å². The van der Waals surface area contributed by atoms with Crippen molar-refractivity contribution >= 4 is 0 Å². The average Bonchev–Trinajstić information content (AvgIpc) is 2.81. The second kappa shape index (κ2) is 6.96. The molecule has 1 heterocycles. The van der Waals surface area contributed by atoms with Crippen molar-refractivity contribution in [1.29, 1.82) is 0 Å². The Kier molecular flexibility index (Phi) is 5.28. The second-order valence-electron chi connectivity index (χ2n) is 5.33. The third-order valence-corrected chi connectivity index (χ3v) is 3.64. The number of rotatable bonds is 6. The van der Waals surface area contributed by atoms with Gasteiger partial charge in [0.2, 0.25) is 0 Å². The Labute approximate surface area is 113 Å². The molecule has 1 unspecified atom stereocenters. The Balaban J connectivity index is 1.81. The summed E-state index contributed by atoms with van der Waals surface area (Å²) in [5, 5.41) is 3.43. The van der Waals surface area contributed by atoms with Gasteiger partial charge in [-0.2, -0.15) is 0 Å². The van der Waals surface area contributed by atoms with E-state index in [1.807, 2.05) is 0 Å². The molecule has 1 aliphatic heterocycles. The highest BCUT2D eigenvalue weighted by Crippen LogP contribution is 2.19. The summed E-state index contributed by atoms with van der Waals surface area (Å²) in [7, 11) is 0. The first-order chi connectivity index (χ1) is 9.19. The van der Waals surface area contributed by atoms with Crippen molar-refractivity contribution in [2.24, 2.45) is 5.92 Å². The van der Waals surface area contributed by atoms with Gasteiger partial charge in [-0.15, -0.1) is 0 Å². The van der Waals surface area contributed by atoms with E-state index in [0.29, 0.717) is 18.0 Å². The lowest BCUT2D eigenvalue weighted by Gasteiger charge is -2.16. The fourth-order valence-electron chi connectivity index (χ4n) is 2.60. The van der Waals surface area contributed by atoms with Crippen LogP contribution in [0.1, 0.15) is 25.3 Å². The van der Waals surface area contributed by atoms with Crippen LogP contribution in [0.2, 0.25) is 0 Å². The first-order valence-corrected chi connectivity index (χ1v) is 7.06. The molecule has 0 aliphatic carbocycles. The minimum atomic E-state index is -0.510. The quantitative estimate of drug-likeness (QED) is 0.798. The normalized spacial score (nSPS) is 20.1. The van der Waals surface area contributed by atoms with Crippen LogP contribution in [-0.2, 0) is 6.54 Å². The van der Waals surface area contributed by atoms with E-state index in [4.69, 9.17) is 0 Å². The molecule has 1 N–H and O–H groups in total. The molecular weight excluding hydrogens is 246 g/mol. The molecule has 1 fully saturated rings. The van der Waals surface area contributed by atoms with Gasteiger partial charge in [0, 0.05) is 24.7 Å². The van der Waals surface area contributed by atoms with Crippen molar-refractivity contribution in [3.05, 3.63) is 35.4 Å². The van der Waals surface area contributed by atoms with Crippen molar-refractivity contribution in [2.45, 2.75) is 26.3 Å². The number of nitrogens with one attached hydrogen (secondary N) is 1. The molecule has 0 radical (unpaired) electrons. The molecule has 1 saturated heterocycles. The lowest BCUT2D eigenvalue weighted by Crippen LogP contribution is -2.27. The number of nitrogens with zero attached hydrogens (tertiary/aromatic N) is 1. The Morgan fingerprint density at radius 3 is 2.95 bits per heavy atom. The van der Waals surface area contributed by atoms with E-state index in [1.165, 1.54) is 6.07 Å². The zero-order chi connectivity index (χ0) is 13.7. The van der Waals surface area contributed by atoms with Crippen LogP contribution in [0, 0.1) is 17.6 Å². The smallest absolute Gasteiger partial charge is 0.130 e. The zero-order valence-electron chi connectivity index (χ0n) is 11.5. The fraction of sp³-hybridized carbons (Fsp3) is 0.600. The molecule has 0 spiro atoms. The van der Waals surface area contributed by atoms with Crippen LogP contribution in [0.25, 0.3) is 0 Å². The standard InChI is InChI=1S/C15H22F2N2/c1-2-6-18-9-12-5-7-19(10-12)11-13-3-4-14(16)8-15(13)17/h3-4,8,12,18H,2,5-7,9-11H2,1H3. The van der Waals surface area contributed by atoms with Crippen LogP contribution >= 0.6 is 0 Å². The molecule has 106 valence electrons. The van der Waals surface area contributed by atoms with Crippen LogP contribution in [0.15, 0.2) is 18.2 Å². The van der Waals surface area contributed by atoms with E-state index in [-0.39, 0.29) is 0 Å². The summed E-state index contributed by atoms with van der Waals surface area (Å²) in [5.41, 5.74) is 0.587. The molecule has 2 rings (SSSR count). The maximum Gasteiger partial charge on any atom is 0.130 e. The lowest BCUT2D eigenvalue weighted by atomic mass is 10.1. The van der Waals surface area contributed by atoms with E-state index in [2.05, 4.69) is 17.1 Å². The minimum Gasteiger partial charge on any atom is -0.316 e. The third-order valence-electron chi connectivity index (χ3n) is 3.64. The van der Waals surface area contributed by atoms with E-state index in [9.17, 15) is 8.78 Å². The largest absolute Gasteiger partial charge is 0.316 e. The van der Waals surface area contributed by atoms with Crippen molar-refractivity contribution in [3.63, 3.8) is 0 Å². The molecule has 0 amide bonds. The molecule has 4 heteroatoms. The van der Waals surface area contributed by atoms with Gasteiger partial charge in [-0.05, 0) is 44.5 Å². The van der Waals surface area contributed by atoms with Crippen LogP contribution in [-0.4, -0.2) is 31.1 Å². The van der Waals surface area contributed by atoms with Crippen LogP contribution in [0.4, 0.5) is 8.78 Å². The number of halogens is 2. The van der Waals surface area contributed by atoms with Crippen molar-refractivity contribution in [3.8, 4) is 0 Å². The summed E-state index contributed by atoms with van der Waals surface area (Å²) in [6, 6.07) is 3.84. The number of hydrogen-bond acceptors (Lipinski definition) is 2. The topological polar surface area (TPSA) is 15.3 Å². The van der Waals surface area contributed by atoms with Crippen molar-refractivity contribution < 1.29 is 8.78 Å². The highest BCUT2D eigenvalue weighted by Gasteiger charge is 2.22. The van der Waals surface area contributed by atoms with Crippen LogP contribution in [0.3, 0.4) is 0 Å². The van der Waals surface area contributed by atoms with Gasteiger partial charge in [-0.3, -0.25) is 4.90 Å². The summed E-state index contributed by atoms with van der Waals surface area (Å²) in [6.07, 6.45) is 2.30. The van der Waals surface area contributed by atoms with Gasteiger partial charge in [0.15, 0.2) is 0 Å². The second-order valence-corrected chi connectivity index (χ2v) is 5.33. The SMILES string of the molecule is CCCNCC1CCN(Cc2ccc(F)cc2F)C1. The van der Waals surface area contributed by atoms with Crippen molar-refractivity contribution in [2.75, 3.05) is 26.2 Å². The van der Waals surface area contributed by atoms with Crippen LogP contribution in [0.5, 0.6) is 0 Å². The molecular formula is C15H22F2N2. The molecule has 19 heavy (non-hydrogen) atoms. The zero-order valence-corrected chi connectivity index (χ0v) is 11.5. The molecule has 1 aromatic rings. The van der Waals surface area contributed by atoms with Gasteiger partial charge < -0.3 is 5.32 Å². The van der Waals surface area contributed by atoms with Gasteiger partial charge in [-0.1, -0.05) is 13.0 Å². The van der Waals surface area contributed by atoms with E-state index >= 15 is 0 Å². The van der Waals surface area contributed by atoms with E-state index in [1.54, 1.807) is 6.07 Å². The van der Waals surface area contributed by atoms with Gasteiger partial charge in [-0.25, -0.2) is 8.78 Å². The summed E-state index contributed by atoms with van der Waals surface area (Å²) in [5.74, 6) is -0.299. The lowest BCUT2D eigenvalue weighted by molar-refractivity contribution is 0.309. The van der Waals surface area contributed by atoms with Gasteiger partial charge in [0.1, 0.15) is 11.6 Å². The number of likely N-dealkylation sites (tertiary alicyclic amines) is 1. The van der Waals surface area contributed by atoms with Gasteiger partial charge in [0.25, 0.3) is 0 Å². The Bertz CT molecular complexity index is 409. The first kappa shape index (κ1) is 14.4. The fourth-order valence-corrected chi connectivity index (χ4v) is 2.60. The summed E-state index contributed by atoms with van der Waals surface area (Å²) in [6.45, 7) is 6.82. The molecule has 0 bridgehead atoms. The van der Waals surface area contributed by atoms with Crippen molar-refractivity contribution in [1.82, 2.24) is 10.2 Å². The van der Waals surface area contributed by atoms with E-state index < -0.39 is 11.6 Å². The maximum absolute atomic E-state index is 13.6. The predicted octanol–water partition coefficient (Wildman–Crippen LogP) is 2.79. The summed E-state index contributed by atoms with van der Waals surface area (Å²) >= 11 is 0. The Morgan fingerprint density at radius 2 is 2.21 bits per heavy atom. The van der Waals surface area contributed by atoms with Crippen LogP contribution < -0.4 is 5.32 Å². The molecule has 1 aromatic carbocycles. The number of hydrogen-bond donors (Lipinski definition) is 1. The molecule has 0 saturated carbocycles. The maximum atomic E-state index is 13.6. The molecule has 0 aromatic heterocycles. The molecule has 1 aliphatic rings. The first-order valence-electron chi connectivity index (χ1n) is 7.06. The molecule has 1 atom stereocenters. The Hall–Kier alpha value is -1.00. The van der Waals surface area contributed by atoms with Gasteiger partial charge in [0.05, 0.1) is 0 Å². The summed E-state index contributed by atoms with van der Waals surface area (Å²) in [4.78, 5) is 2.24. The third kappa shape index (κ3) is 4.25. The number of benzene rings is 1. The predicted molar refractivity (Wildman–Crippen MR) is 72.9 cm³/mol. The average molecular weight is 268 g/mol. The highest BCUT2D eigenvalue weighted by atomic mass is 19.1. The molecule has 2 nitrogen and oxygen atoms in total. The summed E-state index contributed by atoms with van der Waals surface area (Å²) < 4.78 is 26.4. The highest BCUT2D eigenvalue weighted by molar-refractivity contribution is 5.18. The monoisotopic (exact) mass is 268 g/mol. The van der Waals surface area contributed by atoms with Gasteiger partial charge >= 0.3 is 0 Å². The minimum absolute atomic E-state index is 0.437. The Morgan fingerprint density at radius 1 is 1.37 bits per heavy atom.